The highest BCUT2D eigenvalue weighted by Crippen LogP contribution is 2.65. The molecule has 2 aromatic rings. The van der Waals surface area contributed by atoms with Crippen LogP contribution >= 0.6 is 0 Å². The van der Waals surface area contributed by atoms with Crippen LogP contribution in [0.15, 0.2) is 24.7 Å². The molecule has 2 aliphatic heterocycles. The first-order valence-electron chi connectivity index (χ1n) is 17.8. The molecule has 13 heteroatoms. The smallest absolute Gasteiger partial charge is 0.457 e. The molecule has 272 valence electrons. The van der Waals surface area contributed by atoms with E-state index in [-0.39, 0.29) is 55.0 Å². The molecule has 5 fully saturated rings. The van der Waals surface area contributed by atoms with Gasteiger partial charge in [-0.25, -0.2) is 19.1 Å². The van der Waals surface area contributed by atoms with E-state index in [2.05, 4.69) is 25.8 Å². The molecule has 3 aliphatic carbocycles. The number of benzene rings is 1. The van der Waals surface area contributed by atoms with Crippen molar-refractivity contribution >= 4 is 25.1 Å². The van der Waals surface area contributed by atoms with Crippen LogP contribution in [0.1, 0.15) is 108 Å². The quantitative estimate of drug-likeness (QED) is 0.279. The Hall–Kier alpha value is -3.42. The number of aromatic nitrogens is 2. The summed E-state index contributed by atoms with van der Waals surface area (Å²) in [5, 5.41) is 0. The standard InChI is InChI=1S/C37H53BN4O8/c1-21-22(13-14-38-49-28-16-23-15-27(36(23,8)9)37(28,10)50-38)11-12-26(29(21)32(44)47-34(2,3)4)46-24-17-41(18-24)31(43)30(39)25-19-42(20-40-25)33(45)48-35(5,6)7/h11-12,19-20,23-24,27-28,30H,13-18,39H2,1-10H3/t23-,27-,28+,30?,37-/m0/s1. The zero-order valence-corrected chi connectivity index (χ0v) is 31.2. The summed E-state index contributed by atoms with van der Waals surface area (Å²) in [6, 6.07) is 2.74. The first kappa shape index (κ1) is 36.4. The molecule has 1 aromatic carbocycles. The van der Waals surface area contributed by atoms with E-state index in [1.54, 1.807) is 25.7 Å². The Labute approximate surface area is 295 Å². The van der Waals surface area contributed by atoms with Crippen molar-refractivity contribution in [1.29, 1.82) is 0 Å². The number of likely N-dealkylation sites (tertiary alicyclic amines) is 1. The van der Waals surface area contributed by atoms with Crippen LogP contribution in [0.4, 0.5) is 4.79 Å². The minimum Gasteiger partial charge on any atom is -0.486 e. The number of nitrogens with two attached hydrogens (primary N) is 1. The molecule has 1 amide bonds. The Kier molecular flexibility index (Phi) is 9.21. The van der Waals surface area contributed by atoms with Gasteiger partial charge >= 0.3 is 19.2 Å². The van der Waals surface area contributed by atoms with Gasteiger partial charge in [-0.15, -0.1) is 0 Å². The predicted molar refractivity (Wildman–Crippen MR) is 187 cm³/mol. The van der Waals surface area contributed by atoms with Crippen molar-refractivity contribution in [3.63, 3.8) is 0 Å². The number of ether oxygens (including phenoxy) is 3. The number of amides is 1. The molecule has 1 unspecified atom stereocenters. The summed E-state index contributed by atoms with van der Waals surface area (Å²) in [5.74, 6) is 0.788. The molecule has 50 heavy (non-hydrogen) atoms. The number of aryl methyl sites for hydroxylation is 1. The van der Waals surface area contributed by atoms with Gasteiger partial charge in [-0.05, 0) is 115 Å². The first-order valence-corrected chi connectivity index (χ1v) is 17.8. The van der Waals surface area contributed by atoms with Gasteiger partial charge in [0.25, 0.3) is 0 Å². The maximum atomic E-state index is 13.6. The Bertz CT molecular complexity index is 1660. The van der Waals surface area contributed by atoms with Gasteiger partial charge < -0.3 is 34.2 Å². The van der Waals surface area contributed by atoms with E-state index >= 15 is 0 Å². The molecular weight excluding hydrogens is 639 g/mol. The fraction of sp³-hybridized carbons (Fsp3) is 0.676. The molecule has 12 nitrogen and oxygen atoms in total. The molecular formula is C37H53BN4O8. The monoisotopic (exact) mass is 692 g/mol. The van der Waals surface area contributed by atoms with Crippen molar-refractivity contribution in [2.75, 3.05) is 13.1 Å². The van der Waals surface area contributed by atoms with Crippen LogP contribution in [-0.2, 0) is 30.0 Å². The summed E-state index contributed by atoms with van der Waals surface area (Å²) in [6.45, 7) is 20.2. The topological polar surface area (TPSA) is 144 Å². The fourth-order valence-corrected chi connectivity index (χ4v) is 8.14. The molecule has 0 spiro atoms. The third kappa shape index (κ3) is 6.93. The highest BCUT2D eigenvalue weighted by atomic mass is 16.7. The van der Waals surface area contributed by atoms with E-state index in [0.717, 1.165) is 17.5 Å². The Morgan fingerprint density at radius 1 is 1.06 bits per heavy atom. The summed E-state index contributed by atoms with van der Waals surface area (Å²) in [4.78, 5) is 44.9. The van der Waals surface area contributed by atoms with E-state index in [1.165, 1.54) is 23.5 Å². The highest BCUT2D eigenvalue weighted by molar-refractivity contribution is 6.45. The lowest BCUT2D eigenvalue weighted by Gasteiger charge is -2.64. The second-order valence-electron chi connectivity index (χ2n) is 17.3. The molecule has 2 saturated heterocycles. The van der Waals surface area contributed by atoms with Gasteiger partial charge in [-0.2, -0.15) is 0 Å². The van der Waals surface area contributed by atoms with E-state index < -0.39 is 29.3 Å². The number of hydrogen-bond donors (Lipinski definition) is 1. The maximum Gasteiger partial charge on any atom is 0.457 e. The third-order valence-corrected chi connectivity index (χ3v) is 11.0. The normalized spacial score (nSPS) is 26.4. The van der Waals surface area contributed by atoms with Crippen molar-refractivity contribution in [3.05, 3.63) is 47.0 Å². The van der Waals surface area contributed by atoms with E-state index in [1.807, 2.05) is 39.8 Å². The zero-order chi connectivity index (χ0) is 36.6. The van der Waals surface area contributed by atoms with Crippen LogP contribution in [-0.4, -0.2) is 81.6 Å². The molecule has 2 N–H and O–H groups in total. The number of hydrogen-bond acceptors (Lipinski definition) is 10. The van der Waals surface area contributed by atoms with E-state index in [4.69, 9.17) is 29.3 Å². The minimum atomic E-state index is -1.06. The van der Waals surface area contributed by atoms with Crippen LogP contribution in [0.3, 0.4) is 0 Å². The van der Waals surface area contributed by atoms with E-state index in [9.17, 15) is 14.4 Å². The van der Waals surface area contributed by atoms with Crippen molar-refractivity contribution in [2.24, 2.45) is 23.0 Å². The Morgan fingerprint density at radius 2 is 1.74 bits per heavy atom. The number of imidazole rings is 1. The van der Waals surface area contributed by atoms with Gasteiger partial charge in [-0.3, -0.25) is 4.79 Å². The average Bonchev–Trinajstić information content (AvgIpc) is 3.60. The van der Waals surface area contributed by atoms with Gasteiger partial charge in [0.05, 0.1) is 30.5 Å². The van der Waals surface area contributed by atoms with Gasteiger partial charge in [0, 0.05) is 6.20 Å². The molecule has 7 rings (SSSR count). The summed E-state index contributed by atoms with van der Waals surface area (Å²) >= 11 is 0. The Balaban J connectivity index is 1.09. The number of nitrogens with zero attached hydrogens (tertiary/aromatic N) is 3. The molecule has 3 saturated carbocycles. The van der Waals surface area contributed by atoms with Crippen LogP contribution in [0.2, 0.25) is 6.32 Å². The van der Waals surface area contributed by atoms with Crippen molar-refractivity contribution in [1.82, 2.24) is 14.5 Å². The molecule has 1 aromatic heterocycles. The summed E-state index contributed by atoms with van der Waals surface area (Å²) < 4.78 is 31.8. The SMILES string of the molecule is Cc1c(CCB2O[C@@H]3C[C@@H]4C[C@@H](C4(C)C)[C@]3(C)O2)ccc(OC2CN(C(=O)C(N)c3cn(C(=O)OC(C)(C)C)cn3)C2)c1C(=O)OC(C)(C)C. The zero-order valence-electron chi connectivity index (χ0n) is 31.2. The summed E-state index contributed by atoms with van der Waals surface area (Å²) in [5.41, 5.74) is 7.30. The second kappa shape index (κ2) is 12.7. The van der Waals surface area contributed by atoms with Gasteiger partial charge in [0.2, 0.25) is 5.91 Å². The summed E-state index contributed by atoms with van der Waals surface area (Å²) in [6.07, 6.45) is 5.44. The average molecular weight is 693 g/mol. The number of rotatable bonds is 8. The lowest BCUT2D eigenvalue weighted by atomic mass is 9.43. The van der Waals surface area contributed by atoms with Gasteiger partial charge in [0.1, 0.15) is 41.0 Å². The molecule has 5 atom stereocenters. The highest BCUT2D eigenvalue weighted by Gasteiger charge is 2.67. The number of carbonyl (C=O) groups is 3. The van der Waals surface area contributed by atoms with Crippen LogP contribution in [0.5, 0.6) is 5.75 Å². The Morgan fingerprint density at radius 3 is 2.38 bits per heavy atom. The first-order chi connectivity index (χ1) is 23.2. The molecule has 2 bridgehead atoms. The van der Waals surface area contributed by atoms with Crippen LogP contribution in [0, 0.1) is 24.2 Å². The largest absolute Gasteiger partial charge is 0.486 e. The van der Waals surface area contributed by atoms with Crippen molar-refractivity contribution in [3.8, 4) is 5.75 Å². The molecule has 0 radical (unpaired) electrons. The minimum absolute atomic E-state index is 0.122. The van der Waals surface area contributed by atoms with Gasteiger partial charge in [0.15, 0.2) is 0 Å². The lowest BCUT2D eigenvalue weighted by Crippen LogP contribution is -2.65. The number of carbonyl (C=O) groups excluding carboxylic acids is 3. The van der Waals surface area contributed by atoms with Gasteiger partial charge in [-0.1, -0.05) is 19.9 Å². The van der Waals surface area contributed by atoms with Crippen LogP contribution in [0.25, 0.3) is 0 Å². The van der Waals surface area contributed by atoms with E-state index in [0.29, 0.717) is 35.9 Å². The van der Waals surface area contributed by atoms with Crippen molar-refractivity contribution < 1.29 is 37.9 Å². The molecule has 5 aliphatic rings. The second-order valence-corrected chi connectivity index (χ2v) is 17.3. The maximum absolute atomic E-state index is 13.6. The number of esters is 1. The predicted octanol–water partition coefficient (Wildman–Crippen LogP) is 5.49. The van der Waals surface area contributed by atoms with Crippen molar-refractivity contribution in [2.45, 2.75) is 130 Å². The lowest BCUT2D eigenvalue weighted by molar-refractivity contribution is -0.199. The third-order valence-electron chi connectivity index (χ3n) is 11.0. The van der Waals surface area contributed by atoms with Crippen LogP contribution < -0.4 is 10.5 Å². The molecule has 3 heterocycles. The fourth-order valence-electron chi connectivity index (χ4n) is 8.14. The summed E-state index contributed by atoms with van der Waals surface area (Å²) in [7, 11) is -0.295.